The molecule has 3 aromatic rings. The fourth-order valence-electron chi connectivity index (χ4n) is 1.70. The molecule has 0 bridgehead atoms. The number of pyridine rings is 1. The Morgan fingerprint density at radius 1 is 1.05 bits per heavy atom. The van der Waals surface area contributed by atoms with Crippen molar-refractivity contribution in [3.05, 3.63) is 54.2 Å². The summed E-state index contributed by atoms with van der Waals surface area (Å²) in [5.74, 6) is 0. The van der Waals surface area contributed by atoms with Crippen LogP contribution in [0.2, 0.25) is 0 Å². The van der Waals surface area contributed by atoms with Crippen LogP contribution >= 0.6 is 11.8 Å². The monoisotopic (exact) mass is 284 g/mol. The number of benzene rings is 1. The van der Waals surface area contributed by atoms with Crippen molar-refractivity contribution in [2.24, 2.45) is 5.73 Å². The average molecular weight is 284 g/mol. The first kappa shape index (κ1) is 12.8. The van der Waals surface area contributed by atoms with Gasteiger partial charge in [-0.1, -0.05) is 24.3 Å². The van der Waals surface area contributed by atoms with Crippen LogP contribution in [0.25, 0.3) is 5.69 Å². The van der Waals surface area contributed by atoms with E-state index in [1.165, 1.54) is 11.8 Å². The van der Waals surface area contributed by atoms with Gasteiger partial charge in [-0.2, -0.15) is 4.68 Å². The number of rotatable bonds is 4. The number of para-hydroxylation sites is 1. The van der Waals surface area contributed by atoms with Crippen LogP contribution < -0.4 is 5.73 Å². The van der Waals surface area contributed by atoms with Gasteiger partial charge in [-0.15, -0.1) is 5.10 Å². The normalized spacial score (nSPS) is 10.7. The van der Waals surface area contributed by atoms with Crippen LogP contribution in [0, 0.1) is 0 Å². The molecule has 2 heterocycles. The Hall–Kier alpha value is -2.25. The Morgan fingerprint density at radius 2 is 1.90 bits per heavy atom. The number of hydrogen-bond acceptors (Lipinski definition) is 6. The van der Waals surface area contributed by atoms with Gasteiger partial charge in [0, 0.05) is 6.54 Å². The van der Waals surface area contributed by atoms with E-state index in [0.29, 0.717) is 11.7 Å². The molecule has 0 aliphatic carbocycles. The Labute approximate surface area is 120 Å². The van der Waals surface area contributed by atoms with Crippen LogP contribution in [0.4, 0.5) is 0 Å². The van der Waals surface area contributed by atoms with Crippen molar-refractivity contribution in [3.63, 3.8) is 0 Å². The average Bonchev–Trinajstić information content (AvgIpc) is 2.96. The van der Waals surface area contributed by atoms with Gasteiger partial charge in [0.2, 0.25) is 5.16 Å². The summed E-state index contributed by atoms with van der Waals surface area (Å²) in [7, 11) is 0. The molecular weight excluding hydrogens is 272 g/mol. The lowest BCUT2D eigenvalue weighted by atomic mass is 10.3. The standard InChI is InChI=1S/C13H12N6S/c14-9-10-5-4-8-12(15-10)20-13-16-17-18-19(13)11-6-2-1-3-7-11/h1-8H,9,14H2. The van der Waals surface area contributed by atoms with Crippen molar-refractivity contribution in [2.75, 3.05) is 0 Å². The van der Waals surface area contributed by atoms with E-state index >= 15 is 0 Å². The molecule has 0 saturated carbocycles. The van der Waals surface area contributed by atoms with Crippen molar-refractivity contribution in [2.45, 2.75) is 16.7 Å². The second kappa shape index (κ2) is 5.81. The van der Waals surface area contributed by atoms with E-state index in [4.69, 9.17) is 5.73 Å². The minimum Gasteiger partial charge on any atom is -0.325 e. The van der Waals surface area contributed by atoms with E-state index < -0.39 is 0 Å². The van der Waals surface area contributed by atoms with Crippen LogP contribution in [0.1, 0.15) is 5.69 Å². The summed E-state index contributed by atoms with van der Waals surface area (Å²) in [5.41, 5.74) is 7.35. The van der Waals surface area contributed by atoms with Crippen LogP contribution in [0.15, 0.2) is 58.7 Å². The second-order valence-electron chi connectivity index (χ2n) is 3.98. The van der Waals surface area contributed by atoms with Crippen molar-refractivity contribution in [1.29, 1.82) is 0 Å². The lowest BCUT2D eigenvalue weighted by Crippen LogP contribution is -2.01. The maximum atomic E-state index is 5.60. The first-order valence-electron chi connectivity index (χ1n) is 6.04. The van der Waals surface area contributed by atoms with Gasteiger partial charge in [0.1, 0.15) is 5.03 Å². The SMILES string of the molecule is NCc1cccc(Sc2nnnn2-c2ccccc2)n1. The van der Waals surface area contributed by atoms with Gasteiger partial charge < -0.3 is 5.73 Å². The summed E-state index contributed by atoms with van der Waals surface area (Å²) in [6, 6.07) is 15.5. The zero-order valence-electron chi connectivity index (χ0n) is 10.5. The number of nitrogens with two attached hydrogens (primary N) is 1. The molecule has 0 atom stereocenters. The maximum absolute atomic E-state index is 5.60. The summed E-state index contributed by atoms with van der Waals surface area (Å²) < 4.78 is 1.68. The lowest BCUT2D eigenvalue weighted by Gasteiger charge is -2.04. The molecule has 0 unspecified atom stereocenters. The molecule has 3 rings (SSSR count). The molecule has 100 valence electrons. The summed E-state index contributed by atoms with van der Waals surface area (Å²) in [6.45, 7) is 0.415. The zero-order valence-corrected chi connectivity index (χ0v) is 11.4. The fourth-order valence-corrected chi connectivity index (χ4v) is 2.50. The van der Waals surface area contributed by atoms with Gasteiger partial charge in [0.15, 0.2) is 0 Å². The zero-order chi connectivity index (χ0) is 13.8. The molecule has 6 nitrogen and oxygen atoms in total. The minimum absolute atomic E-state index is 0.415. The van der Waals surface area contributed by atoms with Crippen molar-refractivity contribution < 1.29 is 0 Å². The Balaban J connectivity index is 1.90. The molecule has 2 N–H and O–H groups in total. The highest BCUT2D eigenvalue weighted by Crippen LogP contribution is 2.25. The lowest BCUT2D eigenvalue weighted by molar-refractivity contribution is 0.755. The van der Waals surface area contributed by atoms with Crippen LogP contribution in [0.5, 0.6) is 0 Å². The molecule has 0 radical (unpaired) electrons. The van der Waals surface area contributed by atoms with E-state index in [0.717, 1.165) is 16.4 Å². The molecule has 7 heteroatoms. The predicted octanol–water partition coefficient (Wildman–Crippen LogP) is 1.67. The quantitative estimate of drug-likeness (QED) is 0.784. The van der Waals surface area contributed by atoms with Crippen LogP contribution in [0.3, 0.4) is 0 Å². The number of aromatic nitrogens is 5. The van der Waals surface area contributed by atoms with E-state index in [2.05, 4.69) is 20.5 Å². The molecule has 0 aliphatic heterocycles. The molecular formula is C13H12N6S. The Kier molecular flexibility index (Phi) is 3.71. The molecule has 0 saturated heterocycles. The highest BCUT2D eigenvalue weighted by molar-refractivity contribution is 7.99. The number of tetrazole rings is 1. The topological polar surface area (TPSA) is 82.5 Å². The van der Waals surface area contributed by atoms with E-state index in [-0.39, 0.29) is 0 Å². The smallest absolute Gasteiger partial charge is 0.220 e. The number of hydrogen-bond donors (Lipinski definition) is 1. The molecule has 0 amide bonds. The van der Waals surface area contributed by atoms with Gasteiger partial charge in [-0.3, -0.25) is 0 Å². The van der Waals surface area contributed by atoms with Gasteiger partial charge in [0.05, 0.1) is 11.4 Å². The summed E-state index contributed by atoms with van der Waals surface area (Å²) >= 11 is 1.41. The molecule has 0 spiro atoms. The maximum Gasteiger partial charge on any atom is 0.220 e. The third-order valence-electron chi connectivity index (χ3n) is 2.63. The van der Waals surface area contributed by atoms with E-state index in [1.54, 1.807) is 4.68 Å². The van der Waals surface area contributed by atoms with Gasteiger partial charge in [-0.05, 0) is 46.5 Å². The Morgan fingerprint density at radius 3 is 2.70 bits per heavy atom. The largest absolute Gasteiger partial charge is 0.325 e. The predicted molar refractivity (Wildman–Crippen MR) is 75.4 cm³/mol. The minimum atomic E-state index is 0.415. The highest BCUT2D eigenvalue weighted by Gasteiger charge is 2.10. The molecule has 1 aromatic carbocycles. The fraction of sp³-hybridized carbons (Fsp3) is 0.0769. The first-order chi connectivity index (χ1) is 9.86. The van der Waals surface area contributed by atoms with Crippen molar-refractivity contribution >= 4 is 11.8 Å². The molecule has 2 aromatic heterocycles. The number of nitrogens with zero attached hydrogens (tertiary/aromatic N) is 5. The highest BCUT2D eigenvalue weighted by atomic mass is 32.2. The third-order valence-corrected chi connectivity index (χ3v) is 3.50. The molecule has 20 heavy (non-hydrogen) atoms. The van der Waals surface area contributed by atoms with E-state index in [1.807, 2.05) is 48.5 Å². The van der Waals surface area contributed by atoms with Crippen LogP contribution in [-0.4, -0.2) is 25.2 Å². The first-order valence-corrected chi connectivity index (χ1v) is 6.86. The Bertz CT molecular complexity index is 697. The van der Waals surface area contributed by atoms with Gasteiger partial charge in [0.25, 0.3) is 0 Å². The molecule has 0 aliphatic rings. The van der Waals surface area contributed by atoms with Crippen LogP contribution in [-0.2, 0) is 6.54 Å². The van der Waals surface area contributed by atoms with E-state index in [9.17, 15) is 0 Å². The summed E-state index contributed by atoms with van der Waals surface area (Å²) in [4.78, 5) is 4.43. The van der Waals surface area contributed by atoms with Crippen molar-refractivity contribution in [1.82, 2.24) is 25.2 Å². The van der Waals surface area contributed by atoms with Crippen molar-refractivity contribution in [3.8, 4) is 5.69 Å². The second-order valence-corrected chi connectivity index (χ2v) is 4.97. The van der Waals surface area contributed by atoms with Gasteiger partial charge >= 0.3 is 0 Å². The summed E-state index contributed by atoms with van der Waals surface area (Å²) in [6.07, 6.45) is 0. The summed E-state index contributed by atoms with van der Waals surface area (Å²) in [5, 5.41) is 13.3. The molecule has 0 fully saturated rings. The van der Waals surface area contributed by atoms with Gasteiger partial charge in [-0.25, -0.2) is 4.98 Å². The third kappa shape index (κ3) is 2.68.